The second-order valence-electron chi connectivity index (χ2n) is 2.64. The van der Waals surface area contributed by atoms with Crippen LogP contribution in [0.25, 0.3) is 0 Å². The predicted octanol–water partition coefficient (Wildman–Crippen LogP) is 1.13. The molecule has 0 radical (unpaired) electrons. The Morgan fingerprint density at radius 3 is 0.917 bits per heavy atom. The van der Waals surface area contributed by atoms with E-state index in [-0.39, 0.29) is 11.1 Å². The number of hydrogen-bond donors (Lipinski definition) is 4. The van der Waals surface area contributed by atoms with Crippen molar-refractivity contribution < 1.29 is 20.4 Å². The number of aromatic hydroxyl groups is 4. The zero-order valence-electron chi connectivity index (χ0n) is 6.79. The van der Waals surface area contributed by atoms with Gasteiger partial charge in [0.05, 0.1) is 0 Å². The summed E-state index contributed by atoms with van der Waals surface area (Å²) in [6, 6.07) is 0. The van der Waals surface area contributed by atoms with Crippen LogP contribution in [0.5, 0.6) is 23.0 Å². The van der Waals surface area contributed by atoms with Crippen molar-refractivity contribution in [3.8, 4) is 23.0 Å². The van der Waals surface area contributed by atoms with Crippen molar-refractivity contribution in [2.45, 2.75) is 13.8 Å². The highest BCUT2D eigenvalue weighted by molar-refractivity contribution is 5.63. The summed E-state index contributed by atoms with van der Waals surface area (Å²) in [7, 11) is 0. The lowest BCUT2D eigenvalue weighted by molar-refractivity contribution is 0.364. The lowest BCUT2D eigenvalue weighted by Crippen LogP contribution is -1.84. The van der Waals surface area contributed by atoms with Crippen molar-refractivity contribution in [2.24, 2.45) is 0 Å². The SMILES string of the molecule is Cc1c(O)c(O)c(C)c(O)c1O. The standard InChI is InChI=1S/C8H10O4/c1-3-5(9)7(11)4(2)8(12)6(3)10/h9-12H,1-2H3. The molecule has 0 atom stereocenters. The fourth-order valence-electron chi connectivity index (χ4n) is 0.935. The molecule has 0 aromatic heterocycles. The number of benzene rings is 1. The van der Waals surface area contributed by atoms with E-state index in [9.17, 15) is 20.4 Å². The van der Waals surface area contributed by atoms with Gasteiger partial charge in [0.15, 0.2) is 23.0 Å². The van der Waals surface area contributed by atoms with Gasteiger partial charge < -0.3 is 20.4 Å². The largest absolute Gasteiger partial charge is 0.504 e. The Balaban J connectivity index is 3.60. The maximum atomic E-state index is 9.17. The van der Waals surface area contributed by atoms with Crippen LogP contribution in [0.1, 0.15) is 11.1 Å². The van der Waals surface area contributed by atoms with E-state index in [0.717, 1.165) is 0 Å². The second-order valence-corrected chi connectivity index (χ2v) is 2.64. The molecule has 12 heavy (non-hydrogen) atoms. The average Bonchev–Trinajstić information content (AvgIpc) is 2.08. The summed E-state index contributed by atoms with van der Waals surface area (Å²) >= 11 is 0. The van der Waals surface area contributed by atoms with Gasteiger partial charge in [-0.25, -0.2) is 0 Å². The van der Waals surface area contributed by atoms with Gasteiger partial charge in [0.25, 0.3) is 0 Å². The molecule has 0 spiro atoms. The third-order valence-electron chi connectivity index (χ3n) is 1.87. The van der Waals surface area contributed by atoms with Crippen molar-refractivity contribution in [3.05, 3.63) is 11.1 Å². The molecule has 0 aliphatic rings. The monoisotopic (exact) mass is 170 g/mol. The molecule has 4 N–H and O–H groups in total. The van der Waals surface area contributed by atoms with Crippen LogP contribution in [0.2, 0.25) is 0 Å². The average molecular weight is 170 g/mol. The highest BCUT2D eigenvalue weighted by Gasteiger charge is 2.17. The lowest BCUT2D eigenvalue weighted by Gasteiger charge is -2.09. The molecule has 0 bridgehead atoms. The van der Waals surface area contributed by atoms with Crippen LogP contribution in [-0.2, 0) is 0 Å². The summed E-state index contributed by atoms with van der Waals surface area (Å²) in [6.45, 7) is 2.78. The van der Waals surface area contributed by atoms with Gasteiger partial charge in [0.2, 0.25) is 0 Å². The van der Waals surface area contributed by atoms with E-state index in [1.54, 1.807) is 0 Å². The third kappa shape index (κ3) is 0.922. The molecule has 0 saturated carbocycles. The lowest BCUT2D eigenvalue weighted by atomic mass is 10.1. The molecule has 1 aromatic carbocycles. The zero-order valence-corrected chi connectivity index (χ0v) is 6.79. The summed E-state index contributed by atoms with van der Waals surface area (Å²) in [5.41, 5.74) is 0.131. The van der Waals surface area contributed by atoms with Gasteiger partial charge in [0, 0.05) is 11.1 Å². The van der Waals surface area contributed by atoms with Crippen LogP contribution < -0.4 is 0 Å². The Bertz CT molecular complexity index is 225. The van der Waals surface area contributed by atoms with E-state index in [4.69, 9.17) is 0 Å². The topological polar surface area (TPSA) is 80.9 Å². The maximum absolute atomic E-state index is 9.17. The van der Waals surface area contributed by atoms with Crippen LogP contribution >= 0.6 is 0 Å². The molecule has 0 saturated heterocycles. The molecular weight excluding hydrogens is 160 g/mol. The van der Waals surface area contributed by atoms with Crippen LogP contribution in [-0.4, -0.2) is 20.4 Å². The van der Waals surface area contributed by atoms with Gasteiger partial charge in [-0.15, -0.1) is 0 Å². The molecule has 1 aromatic rings. The third-order valence-corrected chi connectivity index (χ3v) is 1.87. The molecule has 4 nitrogen and oxygen atoms in total. The van der Waals surface area contributed by atoms with E-state index in [1.165, 1.54) is 13.8 Å². The fourth-order valence-corrected chi connectivity index (χ4v) is 0.935. The highest BCUT2D eigenvalue weighted by atomic mass is 16.3. The summed E-state index contributed by atoms with van der Waals surface area (Å²) in [5, 5.41) is 36.7. The quantitative estimate of drug-likeness (QED) is 0.347. The Labute approximate surface area is 69.3 Å². The molecule has 0 fully saturated rings. The Morgan fingerprint density at radius 1 is 0.583 bits per heavy atom. The molecular formula is C8H10O4. The smallest absolute Gasteiger partial charge is 0.164 e. The van der Waals surface area contributed by atoms with Gasteiger partial charge in [-0.1, -0.05) is 0 Å². The molecule has 66 valence electrons. The molecule has 4 heteroatoms. The molecule has 0 heterocycles. The minimum atomic E-state index is -0.400. The van der Waals surface area contributed by atoms with Crippen molar-refractivity contribution >= 4 is 0 Å². The Morgan fingerprint density at radius 2 is 0.750 bits per heavy atom. The summed E-state index contributed by atoms with van der Waals surface area (Å²) in [4.78, 5) is 0. The van der Waals surface area contributed by atoms with Gasteiger partial charge in [-0.2, -0.15) is 0 Å². The van der Waals surface area contributed by atoms with Crippen LogP contribution in [0, 0.1) is 13.8 Å². The Hall–Kier alpha value is -1.58. The van der Waals surface area contributed by atoms with Gasteiger partial charge in [-0.3, -0.25) is 0 Å². The highest BCUT2D eigenvalue weighted by Crippen LogP contribution is 2.44. The zero-order chi connectivity index (χ0) is 9.46. The molecule has 0 unspecified atom stereocenters. The van der Waals surface area contributed by atoms with E-state index >= 15 is 0 Å². The summed E-state index contributed by atoms with van der Waals surface area (Å²) < 4.78 is 0. The minimum Gasteiger partial charge on any atom is -0.504 e. The second kappa shape index (κ2) is 2.48. The molecule has 0 aliphatic heterocycles. The van der Waals surface area contributed by atoms with E-state index in [1.807, 2.05) is 0 Å². The van der Waals surface area contributed by atoms with E-state index in [2.05, 4.69) is 0 Å². The van der Waals surface area contributed by atoms with Crippen molar-refractivity contribution in [1.82, 2.24) is 0 Å². The number of phenols is 4. The van der Waals surface area contributed by atoms with Crippen molar-refractivity contribution in [1.29, 1.82) is 0 Å². The van der Waals surface area contributed by atoms with Crippen LogP contribution in [0.4, 0.5) is 0 Å². The first kappa shape index (κ1) is 8.52. The van der Waals surface area contributed by atoms with Crippen LogP contribution in [0.3, 0.4) is 0 Å². The van der Waals surface area contributed by atoms with Crippen molar-refractivity contribution in [2.75, 3.05) is 0 Å². The first-order chi connectivity index (χ1) is 5.46. The van der Waals surface area contributed by atoms with Gasteiger partial charge in [-0.05, 0) is 13.8 Å². The molecule has 1 rings (SSSR count). The van der Waals surface area contributed by atoms with E-state index < -0.39 is 23.0 Å². The van der Waals surface area contributed by atoms with E-state index in [0.29, 0.717) is 0 Å². The molecule has 0 amide bonds. The maximum Gasteiger partial charge on any atom is 0.164 e. The van der Waals surface area contributed by atoms with Crippen molar-refractivity contribution in [3.63, 3.8) is 0 Å². The van der Waals surface area contributed by atoms with Gasteiger partial charge in [0.1, 0.15) is 0 Å². The first-order valence-electron chi connectivity index (χ1n) is 3.39. The minimum absolute atomic E-state index is 0.0654. The fraction of sp³-hybridized carbons (Fsp3) is 0.250. The normalized spacial score (nSPS) is 10.2. The first-order valence-corrected chi connectivity index (χ1v) is 3.39. The number of hydrogen-bond acceptors (Lipinski definition) is 4. The predicted molar refractivity (Wildman–Crippen MR) is 42.6 cm³/mol. The van der Waals surface area contributed by atoms with Gasteiger partial charge >= 0.3 is 0 Å². The molecule has 0 aliphatic carbocycles. The number of rotatable bonds is 0. The van der Waals surface area contributed by atoms with Crippen LogP contribution in [0.15, 0.2) is 0 Å². The summed E-state index contributed by atoms with van der Waals surface area (Å²) in [6.07, 6.45) is 0. The number of phenolic OH excluding ortho intramolecular Hbond substituents is 4. The summed E-state index contributed by atoms with van der Waals surface area (Å²) in [5.74, 6) is -1.60. The Kier molecular flexibility index (Phi) is 1.76.